The summed E-state index contributed by atoms with van der Waals surface area (Å²) in [4.78, 5) is 0. The number of sulfonamides is 1. The van der Waals surface area contributed by atoms with Gasteiger partial charge in [0.25, 0.3) is 0 Å². The van der Waals surface area contributed by atoms with E-state index in [4.69, 9.17) is 5.73 Å². The van der Waals surface area contributed by atoms with Gasteiger partial charge in [-0.3, -0.25) is 0 Å². The average Bonchev–Trinajstić information content (AvgIpc) is 2.44. The fraction of sp³-hybridized carbons (Fsp3) is 0.625. The van der Waals surface area contributed by atoms with Gasteiger partial charge >= 0.3 is 0 Å². The summed E-state index contributed by atoms with van der Waals surface area (Å²) in [5, 5.41) is -0.405. The van der Waals surface area contributed by atoms with Crippen molar-refractivity contribution in [1.29, 1.82) is 0 Å². The summed E-state index contributed by atoms with van der Waals surface area (Å²) in [6.45, 7) is 10.6. The lowest BCUT2D eigenvalue weighted by Gasteiger charge is -2.24. The standard InChI is InChI=1S/C16H28N2O2S/c1-12(2)21(19,20)18-10-13(3)14-6-8-15(9-7-14)16(4,5)11-17/h6-9,12-13,18H,10-11,17H2,1-5H3. The molecule has 5 heteroatoms. The molecular weight excluding hydrogens is 284 g/mol. The number of rotatable bonds is 7. The highest BCUT2D eigenvalue weighted by atomic mass is 32.2. The normalized spacial score (nSPS) is 14.4. The van der Waals surface area contributed by atoms with Crippen molar-refractivity contribution in [3.8, 4) is 0 Å². The molecule has 0 fully saturated rings. The van der Waals surface area contributed by atoms with E-state index in [2.05, 4.69) is 42.8 Å². The molecule has 1 aromatic carbocycles. The van der Waals surface area contributed by atoms with Crippen LogP contribution < -0.4 is 10.5 Å². The molecule has 0 aliphatic rings. The average molecular weight is 312 g/mol. The lowest BCUT2D eigenvalue weighted by molar-refractivity contribution is 0.538. The topological polar surface area (TPSA) is 72.2 Å². The van der Waals surface area contributed by atoms with Crippen molar-refractivity contribution < 1.29 is 8.42 Å². The predicted molar refractivity (Wildman–Crippen MR) is 89.0 cm³/mol. The molecule has 0 saturated carbocycles. The van der Waals surface area contributed by atoms with Gasteiger partial charge in [0.1, 0.15) is 0 Å². The first kappa shape index (κ1) is 18.1. The van der Waals surface area contributed by atoms with Gasteiger partial charge in [-0.2, -0.15) is 0 Å². The lowest BCUT2D eigenvalue weighted by atomic mass is 9.84. The Morgan fingerprint density at radius 3 is 2.10 bits per heavy atom. The maximum atomic E-state index is 11.8. The van der Waals surface area contributed by atoms with E-state index in [0.717, 1.165) is 5.56 Å². The van der Waals surface area contributed by atoms with Crippen LogP contribution in [0.4, 0.5) is 0 Å². The molecule has 1 rings (SSSR count). The summed E-state index contributed by atoms with van der Waals surface area (Å²) in [6, 6.07) is 8.27. The van der Waals surface area contributed by atoms with Crippen molar-refractivity contribution in [3.63, 3.8) is 0 Å². The van der Waals surface area contributed by atoms with Gasteiger partial charge in [-0.05, 0) is 30.9 Å². The van der Waals surface area contributed by atoms with Crippen LogP contribution in [0.2, 0.25) is 0 Å². The van der Waals surface area contributed by atoms with Gasteiger partial charge in [-0.25, -0.2) is 13.1 Å². The van der Waals surface area contributed by atoms with Gasteiger partial charge < -0.3 is 5.73 Å². The predicted octanol–water partition coefficient (Wildman–Crippen LogP) is 2.35. The number of hydrogen-bond acceptors (Lipinski definition) is 3. The van der Waals surface area contributed by atoms with E-state index in [1.54, 1.807) is 13.8 Å². The Balaban J connectivity index is 2.75. The summed E-state index contributed by atoms with van der Waals surface area (Å²) in [5.41, 5.74) is 8.06. The van der Waals surface area contributed by atoms with Crippen LogP contribution in [-0.4, -0.2) is 26.8 Å². The largest absolute Gasteiger partial charge is 0.330 e. The summed E-state index contributed by atoms with van der Waals surface area (Å²) < 4.78 is 26.2. The van der Waals surface area contributed by atoms with Crippen LogP contribution in [0.25, 0.3) is 0 Å². The van der Waals surface area contributed by atoms with Crippen LogP contribution in [0.1, 0.15) is 51.7 Å². The quantitative estimate of drug-likeness (QED) is 0.812. The molecule has 0 aliphatic carbocycles. The van der Waals surface area contributed by atoms with Crippen LogP contribution >= 0.6 is 0 Å². The first-order valence-corrected chi connectivity index (χ1v) is 8.94. The minimum absolute atomic E-state index is 0.0407. The summed E-state index contributed by atoms with van der Waals surface area (Å²) >= 11 is 0. The molecule has 0 spiro atoms. The van der Waals surface area contributed by atoms with Crippen LogP contribution in [0, 0.1) is 0 Å². The van der Waals surface area contributed by atoms with Crippen LogP contribution in [-0.2, 0) is 15.4 Å². The number of hydrogen-bond donors (Lipinski definition) is 2. The third-order valence-corrected chi connectivity index (χ3v) is 5.79. The van der Waals surface area contributed by atoms with Crippen molar-refractivity contribution in [2.75, 3.05) is 13.1 Å². The fourth-order valence-electron chi connectivity index (χ4n) is 1.91. The van der Waals surface area contributed by atoms with Gasteiger partial charge in [0.15, 0.2) is 0 Å². The minimum atomic E-state index is -3.20. The number of nitrogens with one attached hydrogen (secondary N) is 1. The minimum Gasteiger partial charge on any atom is -0.330 e. The summed E-state index contributed by atoms with van der Waals surface area (Å²) in [6.07, 6.45) is 0. The third kappa shape index (κ3) is 4.80. The fourth-order valence-corrected chi connectivity index (χ4v) is 2.72. The van der Waals surface area contributed by atoms with Crippen molar-refractivity contribution in [3.05, 3.63) is 35.4 Å². The molecule has 0 saturated heterocycles. The van der Waals surface area contributed by atoms with E-state index in [1.165, 1.54) is 5.56 Å². The summed E-state index contributed by atoms with van der Waals surface area (Å²) in [7, 11) is -3.20. The molecule has 0 aliphatic heterocycles. The van der Waals surface area contributed by atoms with E-state index >= 15 is 0 Å². The van der Waals surface area contributed by atoms with E-state index in [1.807, 2.05) is 6.92 Å². The van der Waals surface area contributed by atoms with E-state index in [-0.39, 0.29) is 11.3 Å². The van der Waals surface area contributed by atoms with Gasteiger partial charge in [0, 0.05) is 18.5 Å². The summed E-state index contributed by atoms with van der Waals surface area (Å²) in [5.74, 6) is 0.133. The Hall–Kier alpha value is -0.910. The zero-order valence-electron chi connectivity index (χ0n) is 13.7. The maximum Gasteiger partial charge on any atom is 0.213 e. The molecule has 4 nitrogen and oxygen atoms in total. The Morgan fingerprint density at radius 1 is 1.14 bits per heavy atom. The Bertz CT molecular complexity index is 548. The van der Waals surface area contributed by atoms with E-state index < -0.39 is 15.3 Å². The van der Waals surface area contributed by atoms with Crippen LogP contribution in [0.3, 0.4) is 0 Å². The monoisotopic (exact) mass is 312 g/mol. The molecule has 3 N–H and O–H groups in total. The SMILES string of the molecule is CC(CNS(=O)(=O)C(C)C)c1ccc(C(C)(C)CN)cc1. The zero-order valence-corrected chi connectivity index (χ0v) is 14.5. The second kappa shape index (κ2) is 6.90. The van der Waals surface area contributed by atoms with Gasteiger partial charge in [0.05, 0.1) is 5.25 Å². The van der Waals surface area contributed by atoms with Crippen LogP contribution in [0.15, 0.2) is 24.3 Å². The van der Waals surface area contributed by atoms with Gasteiger partial charge in [-0.1, -0.05) is 45.0 Å². The molecule has 0 aromatic heterocycles. The highest BCUT2D eigenvalue weighted by Crippen LogP contribution is 2.24. The molecule has 0 heterocycles. The maximum absolute atomic E-state index is 11.8. The molecule has 0 radical (unpaired) electrons. The van der Waals surface area contributed by atoms with Crippen LogP contribution in [0.5, 0.6) is 0 Å². The first-order valence-electron chi connectivity index (χ1n) is 7.39. The molecule has 0 bridgehead atoms. The van der Waals surface area contributed by atoms with Crippen molar-refractivity contribution in [2.24, 2.45) is 5.73 Å². The second-order valence-electron chi connectivity index (χ2n) is 6.55. The van der Waals surface area contributed by atoms with Gasteiger partial charge in [0.2, 0.25) is 10.0 Å². The lowest BCUT2D eigenvalue weighted by Crippen LogP contribution is -2.33. The molecule has 21 heavy (non-hydrogen) atoms. The van der Waals surface area contributed by atoms with E-state index in [0.29, 0.717) is 13.1 Å². The Labute approximate surface area is 129 Å². The number of benzene rings is 1. The highest BCUT2D eigenvalue weighted by molar-refractivity contribution is 7.90. The van der Waals surface area contributed by atoms with E-state index in [9.17, 15) is 8.42 Å². The highest BCUT2D eigenvalue weighted by Gasteiger charge is 2.19. The molecule has 1 atom stereocenters. The third-order valence-electron chi connectivity index (χ3n) is 3.98. The second-order valence-corrected chi connectivity index (χ2v) is 8.87. The van der Waals surface area contributed by atoms with Gasteiger partial charge in [-0.15, -0.1) is 0 Å². The molecule has 0 amide bonds. The molecule has 120 valence electrons. The molecule has 1 aromatic rings. The smallest absolute Gasteiger partial charge is 0.213 e. The number of nitrogens with two attached hydrogens (primary N) is 1. The van der Waals surface area contributed by atoms with Crippen molar-refractivity contribution in [2.45, 2.75) is 51.2 Å². The molecular formula is C16H28N2O2S. The zero-order chi connectivity index (χ0) is 16.3. The van der Waals surface area contributed by atoms with Crippen molar-refractivity contribution >= 4 is 10.0 Å². The molecule has 1 unspecified atom stereocenters. The van der Waals surface area contributed by atoms with Crippen molar-refractivity contribution in [1.82, 2.24) is 4.72 Å². The Morgan fingerprint density at radius 2 is 1.67 bits per heavy atom. The first-order chi connectivity index (χ1) is 9.60. The Kier molecular flexibility index (Phi) is 5.96.